The zero-order chi connectivity index (χ0) is 17.2. The van der Waals surface area contributed by atoms with Crippen LogP contribution in [0.4, 0.5) is 0 Å². The molecule has 0 atom stereocenters. The molecule has 23 heavy (non-hydrogen) atoms. The van der Waals surface area contributed by atoms with Gasteiger partial charge in [0.15, 0.2) is 0 Å². The lowest BCUT2D eigenvalue weighted by Gasteiger charge is -2.04. The molecule has 2 aromatic rings. The molecule has 0 radical (unpaired) electrons. The van der Waals surface area contributed by atoms with Crippen LogP contribution in [0.1, 0.15) is 38.7 Å². The SMILES string of the molecule is CC(=O)O.CCCCC(=O)Oc1ccc2[nH]cc(CCN)c2c1. The van der Waals surface area contributed by atoms with Crippen molar-refractivity contribution in [3.05, 3.63) is 30.0 Å². The van der Waals surface area contributed by atoms with Crippen LogP contribution in [0.2, 0.25) is 0 Å². The first kappa shape index (κ1) is 18.7. The number of hydrogen-bond donors (Lipinski definition) is 3. The van der Waals surface area contributed by atoms with Crippen LogP contribution >= 0.6 is 0 Å². The molecule has 1 aromatic carbocycles. The molecule has 0 aliphatic heterocycles. The molecule has 1 aromatic heterocycles. The number of hydrogen-bond acceptors (Lipinski definition) is 4. The second-order valence-electron chi connectivity index (χ2n) is 5.16. The summed E-state index contributed by atoms with van der Waals surface area (Å²) >= 11 is 0. The molecule has 0 aliphatic carbocycles. The van der Waals surface area contributed by atoms with Crippen molar-refractivity contribution in [1.82, 2.24) is 4.98 Å². The third kappa shape index (κ3) is 6.52. The number of aromatic nitrogens is 1. The van der Waals surface area contributed by atoms with E-state index in [0.717, 1.165) is 42.7 Å². The Morgan fingerprint density at radius 2 is 2.04 bits per heavy atom. The number of carboxylic acid groups (broad SMARTS) is 1. The third-order valence-electron chi connectivity index (χ3n) is 3.12. The van der Waals surface area contributed by atoms with Gasteiger partial charge < -0.3 is 20.6 Å². The predicted molar refractivity (Wildman–Crippen MR) is 89.5 cm³/mol. The summed E-state index contributed by atoms with van der Waals surface area (Å²) in [5, 5.41) is 8.49. The first-order valence-corrected chi connectivity index (χ1v) is 7.68. The van der Waals surface area contributed by atoms with E-state index in [0.29, 0.717) is 18.7 Å². The number of fused-ring (bicyclic) bond motifs is 1. The van der Waals surface area contributed by atoms with Crippen LogP contribution in [0.3, 0.4) is 0 Å². The molecule has 6 nitrogen and oxygen atoms in total. The van der Waals surface area contributed by atoms with E-state index in [1.54, 1.807) is 0 Å². The Bertz CT molecular complexity index is 645. The molecule has 0 aliphatic rings. The van der Waals surface area contributed by atoms with Gasteiger partial charge in [-0.05, 0) is 43.1 Å². The standard InChI is InChI=1S/C15H20N2O2.C2H4O2/c1-2-3-4-15(18)19-12-5-6-14-13(9-12)11(7-8-16)10-17-14;1-2(3)4/h5-6,9-10,17H,2-4,7-8,16H2,1H3;1H3,(H,3,4). The summed E-state index contributed by atoms with van der Waals surface area (Å²) in [6.45, 7) is 3.74. The van der Waals surface area contributed by atoms with Gasteiger partial charge in [0.2, 0.25) is 0 Å². The van der Waals surface area contributed by atoms with Crippen molar-refractivity contribution in [2.45, 2.75) is 39.5 Å². The van der Waals surface area contributed by atoms with E-state index in [9.17, 15) is 4.79 Å². The minimum absolute atomic E-state index is 0.169. The zero-order valence-corrected chi connectivity index (χ0v) is 13.6. The number of aliphatic carboxylic acids is 1. The lowest BCUT2D eigenvalue weighted by Crippen LogP contribution is -2.07. The first-order valence-electron chi connectivity index (χ1n) is 7.68. The number of carbonyl (C=O) groups is 2. The minimum Gasteiger partial charge on any atom is -0.481 e. The summed E-state index contributed by atoms with van der Waals surface area (Å²) in [5.41, 5.74) is 7.78. The lowest BCUT2D eigenvalue weighted by molar-refractivity contribution is -0.135. The molecule has 0 unspecified atom stereocenters. The number of nitrogens with two attached hydrogens (primary N) is 1. The van der Waals surface area contributed by atoms with Gasteiger partial charge in [0.1, 0.15) is 5.75 Å². The molecule has 2 rings (SSSR count). The predicted octanol–water partition coefficient (Wildman–Crippen LogP) is 2.86. The fourth-order valence-electron chi connectivity index (χ4n) is 2.09. The molecule has 0 amide bonds. The highest BCUT2D eigenvalue weighted by Crippen LogP contribution is 2.24. The van der Waals surface area contributed by atoms with Crippen molar-refractivity contribution in [2.24, 2.45) is 5.73 Å². The number of esters is 1. The molecular formula is C17H24N2O4. The molecule has 0 saturated heterocycles. The Morgan fingerprint density at radius 3 is 2.65 bits per heavy atom. The van der Waals surface area contributed by atoms with Crippen molar-refractivity contribution >= 4 is 22.8 Å². The number of ether oxygens (including phenoxy) is 1. The molecular weight excluding hydrogens is 296 g/mol. The Morgan fingerprint density at radius 1 is 1.35 bits per heavy atom. The Labute approximate surface area is 135 Å². The summed E-state index contributed by atoms with van der Waals surface area (Å²) in [4.78, 5) is 23.8. The molecule has 126 valence electrons. The molecule has 0 saturated carbocycles. The average Bonchev–Trinajstić information content (AvgIpc) is 2.88. The highest BCUT2D eigenvalue weighted by molar-refractivity contribution is 5.85. The summed E-state index contributed by atoms with van der Waals surface area (Å²) < 4.78 is 5.34. The summed E-state index contributed by atoms with van der Waals surface area (Å²) in [7, 11) is 0. The van der Waals surface area contributed by atoms with Gasteiger partial charge in [-0.25, -0.2) is 0 Å². The number of rotatable bonds is 6. The number of nitrogens with one attached hydrogen (secondary N) is 1. The van der Waals surface area contributed by atoms with Crippen LogP contribution in [-0.2, 0) is 16.0 Å². The smallest absolute Gasteiger partial charge is 0.311 e. The van der Waals surface area contributed by atoms with Crippen LogP contribution in [0.25, 0.3) is 10.9 Å². The summed E-state index contributed by atoms with van der Waals surface area (Å²) in [6, 6.07) is 5.65. The van der Waals surface area contributed by atoms with Crippen LogP contribution in [0, 0.1) is 0 Å². The summed E-state index contributed by atoms with van der Waals surface area (Å²) in [5.74, 6) is -0.399. The van der Waals surface area contributed by atoms with Crippen molar-refractivity contribution in [2.75, 3.05) is 6.54 Å². The fraction of sp³-hybridized carbons (Fsp3) is 0.412. The van der Waals surface area contributed by atoms with E-state index in [1.165, 1.54) is 0 Å². The third-order valence-corrected chi connectivity index (χ3v) is 3.12. The van der Waals surface area contributed by atoms with E-state index in [1.807, 2.05) is 24.4 Å². The number of H-pyrrole nitrogens is 1. The summed E-state index contributed by atoms with van der Waals surface area (Å²) in [6.07, 6.45) is 5.10. The molecule has 6 heteroatoms. The Hall–Kier alpha value is -2.34. The van der Waals surface area contributed by atoms with Crippen LogP contribution in [-0.4, -0.2) is 28.6 Å². The number of carbonyl (C=O) groups excluding carboxylic acids is 1. The van der Waals surface area contributed by atoms with Gasteiger partial charge in [-0.1, -0.05) is 13.3 Å². The second kappa shape index (κ2) is 9.63. The van der Waals surface area contributed by atoms with Gasteiger partial charge in [-0.3, -0.25) is 9.59 Å². The molecule has 0 spiro atoms. The quantitative estimate of drug-likeness (QED) is 0.560. The number of carboxylic acids is 1. The van der Waals surface area contributed by atoms with Crippen molar-refractivity contribution in [1.29, 1.82) is 0 Å². The molecule has 0 bridgehead atoms. The van der Waals surface area contributed by atoms with E-state index in [-0.39, 0.29) is 5.97 Å². The maximum absolute atomic E-state index is 11.6. The zero-order valence-electron chi connectivity index (χ0n) is 13.6. The monoisotopic (exact) mass is 320 g/mol. The lowest BCUT2D eigenvalue weighted by atomic mass is 10.1. The van der Waals surface area contributed by atoms with Gasteiger partial charge in [-0.2, -0.15) is 0 Å². The number of unbranched alkanes of at least 4 members (excludes halogenated alkanes) is 1. The maximum Gasteiger partial charge on any atom is 0.311 e. The maximum atomic E-state index is 11.6. The molecule has 0 fully saturated rings. The Balaban J connectivity index is 0.000000593. The van der Waals surface area contributed by atoms with Crippen molar-refractivity contribution < 1.29 is 19.4 Å². The van der Waals surface area contributed by atoms with Gasteiger partial charge >= 0.3 is 5.97 Å². The molecule has 4 N–H and O–H groups in total. The van der Waals surface area contributed by atoms with Crippen molar-refractivity contribution in [3.8, 4) is 5.75 Å². The normalized spacial score (nSPS) is 10.0. The van der Waals surface area contributed by atoms with E-state index in [4.69, 9.17) is 20.4 Å². The van der Waals surface area contributed by atoms with Gasteiger partial charge in [0.25, 0.3) is 5.97 Å². The van der Waals surface area contributed by atoms with E-state index >= 15 is 0 Å². The number of aromatic amines is 1. The van der Waals surface area contributed by atoms with Crippen LogP contribution < -0.4 is 10.5 Å². The molecule has 1 heterocycles. The van der Waals surface area contributed by atoms with Crippen LogP contribution in [0.5, 0.6) is 5.75 Å². The average molecular weight is 320 g/mol. The van der Waals surface area contributed by atoms with E-state index < -0.39 is 5.97 Å². The highest BCUT2D eigenvalue weighted by Gasteiger charge is 2.08. The largest absolute Gasteiger partial charge is 0.481 e. The number of benzene rings is 1. The fourth-order valence-corrected chi connectivity index (χ4v) is 2.09. The second-order valence-corrected chi connectivity index (χ2v) is 5.16. The van der Waals surface area contributed by atoms with Crippen molar-refractivity contribution in [3.63, 3.8) is 0 Å². The van der Waals surface area contributed by atoms with E-state index in [2.05, 4.69) is 11.9 Å². The van der Waals surface area contributed by atoms with Crippen LogP contribution in [0.15, 0.2) is 24.4 Å². The topological polar surface area (TPSA) is 105 Å². The van der Waals surface area contributed by atoms with Gasteiger partial charge in [0, 0.05) is 30.4 Å². The van der Waals surface area contributed by atoms with Gasteiger partial charge in [0.05, 0.1) is 0 Å². The first-order chi connectivity index (χ1) is 11.0. The Kier molecular flexibility index (Phi) is 7.83. The highest BCUT2D eigenvalue weighted by atomic mass is 16.5. The van der Waals surface area contributed by atoms with Gasteiger partial charge in [-0.15, -0.1) is 0 Å². The minimum atomic E-state index is -0.833.